The van der Waals surface area contributed by atoms with E-state index in [1.54, 1.807) is 10.7 Å². The van der Waals surface area contributed by atoms with E-state index in [-0.39, 0.29) is 11.8 Å². The van der Waals surface area contributed by atoms with Crippen LogP contribution in [0.25, 0.3) is 0 Å². The Kier molecular flexibility index (Phi) is 5.85. The highest BCUT2D eigenvalue weighted by molar-refractivity contribution is 9.10. The standard InChI is InChI=1S/C17H18BrCl2N3O/c18-13-10-23(9-11-6-7-14(19)15(20)8-11)22-16(13)21-17(24)12-4-2-1-3-5-12/h6-8,10,12H,1-5,9H2,(H,21,22,24). The number of hydrogen-bond acceptors (Lipinski definition) is 2. The fourth-order valence-electron chi connectivity index (χ4n) is 2.97. The SMILES string of the molecule is O=C(Nc1nn(Cc2ccc(Cl)c(Cl)c2)cc1Br)C1CCCCC1. The van der Waals surface area contributed by atoms with Gasteiger partial charge in [-0.1, -0.05) is 48.5 Å². The molecule has 0 unspecified atom stereocenters. The third kappa shape index (κ3) is 4.32. The molecule has 0 atom stereocenters. The molecule has 1 aliphatic rings. The minimum absolute atomic E-state index is 0.0650. The number of nitrogens with zero attached hydrogens (tertiary/aromatic N) is 2. The van der Waals surface area contributed by atoms with Crippen LogP contribution in [-0.2, 0) is 11.3 Å². The van der Waals surface area contributed by atoms with Crippen LogP contribution in [0.4, 0.5) is 5.82 Å². The molecule has 4 nitrogen and oxygen atoms in total. The molecule has 0 radical (unpaired) electrons. The van der Waals surface area contributed by atoms with Crippen LogP contribution < -0.4 is 5.32 Å². The zero-order chi connectivity index (χ0) is 17.1. The highest BCUT2D eigenvalue weighted by Crippen LogP contribution is 2.27. The fraction of sp³-hybridized carbons (Fsp3) is 0.412. The highest BCUT2D eigenvalue weighted by atomic mass is 79.9. The van der Waals surface area contributed by atoms with E-state index in [2.05, 4.69) is 26.3 Å². The van der Waals surface area contributed by atoms with Gasteiger partial charge in [-0.15, -0.1) is 0 Å². The van der Waals surface area contributed by atoms with Gasteiger partial charge in [-0.2, -0.15) is 5.10 Å². The molecule has 0 saturated heterocycles. The van der Waals surface area contributed by atoms with Crippen molar-refractivity contribution in [2.45, 2.75) is 38.6 Å². The van der Waals surface area contributed by atoms with E-state index in [0.717, 1.165) is 35.7 Å². The van der Waals surface area contributed by atoms with Crippen LogP contribution >= 0.6 is 39.1 Å². The highest BCUT2D eigenvalue weighted by Gasteiger charge is 2.22. The van der Waals surface area contributed by atoms with Crippen LogP contribution in [0.5, 0.6) is 0 Å². The quantitative estimate of drug-likeness (QED) is 0.693. The molecule has 1 aliphatic carbocycles. The zero-order valence-corrected chi connectivity index (χ0v) is 16.2. The first-order valence-electron chi connectivity index (χ1n) is 8.00. The molecule has 1 saturated carbocycles. The third-order valence-electron chi connectivity index (χ3n) is 4.26. The van der Waals surface area contributed by atoms with Crippen LogP contribution in [0.3, 0.4) is 0 Å². The topological polar surface area (TPSA) is 46.9 Å². The van der Waals surface area contributed by atoms with Crippen molar-refractivity contribution in [1.29, 1.82) is 0 Å². The summed E-state index contributed by atoms with van der Waals surface area (Å²) in [6, 6.07) is 5.49. The molecule has 24 heavy (non-hydrogen) atoms. The number of aromatic nitrogens is 2. The average molecular weight is 431 g/mol. The van der Waals surface area contributed by atoms with Crippen molar-refractivity contribution in [3.63, 3.8) is 0 Å². The Hall–Kier alpha value is -1.04. The zero-order valence-electron chi connectivity index (χ0n) is 13.1. The van der Waals surface area contributed by atoms with Crippen molar-refractivity contribution in [1.82, 2.24) is 9.78 Å². The van der Waals surface area contributed by atoms with Crippen molar-refractivity contribution >= 4 is 50.9 Å². The van der Waals surface area contributed by atoms with Gasteiger partial charge in [0.1, 0.15) is 0 Å². The average Bonchev–Trinajstić information content (AvgIpc) is 2.91. The van der Waals surface area contributed by atoms with Gasteiger partial charge in [0.15, 0.2) is 5.82 Å². The molecule has 7 heteroatoms. The van der Waals surface area contributed by atoms with Crippen LogP contribution in [0.15, 0.2) is 28.9 Å². The largest absolute Gasteiger partial charge is 0.308 e. The van der Waals surface area contributed by atoms with E-state index in [1.807, 2.05) is 18.3 Å². The first-order valence-corrected chi connectivity index (χ1v) is 9.55. The summed E-state index contributed by atoms with van der Waals surface area (Å²) in [4.78, 5) is 12.4. The maximum Gasteiger partial charge on any atom is 0.228 e. The molecular formula is C17H18BrCl2N3O. The van der Waals surface area contributed by atoms with Gasteiger partial charge < -0.3 is 5.32 Å². The molecule has 1 heterocycles. The van der Waals surface area contributed by atoms with E-state index in [4.69, 9.17) is 23.2 Å². The number of amides is 1. The number of hydrogen-bond donors (Lipinski definition) is 1. The van der Waals surface area contributed by atoms with Crippen LogP contribution in [-0.4, -0.2) is 15.7 Å². The summed E-state index contributed by atoms with van der Waals surface area (Å²) < 4.78 is 2.53. The number of nitrogens with one attached hydrogen (secondary N) is 1. The molecule has 1 aromatic heterocycles. The number of benzene rings is 1. The number of halogens is 3. The maximum absolute atomic E-state index is 12.4. The van der Waals surface area contributed by atoms with E-state index >= 15 is 0 Å². The summed E-state index contributed by atoms with van der Waals surface area (Å²) in [5.41, 5.74) is 0.990. The lowest BCUT2D eigenvalue weighted by molar-refractivity contribution is -0.120. The summed E-state index contributed by atoms with van der Waals surface area (Å²) >= 11 is 15.4. The second kappa shape index (κ2) is 7.89. The number of rotatable bonds is 4. The van der Waals surface area contributed by atoms with E-state index in [0.29, 0.717) is 22.4 Å². The molecule has 1 fully saturated rings. The Labute approximate surface area is 159 Å². The number of anilines is 1. The van der Waals surface area contributed by atoms with E-state index in [1.165, 1.54) is 6.42 Å². The molecule has 0 bridgehead atoms. The van der Waals surface area contributed by atoms with Crippen LogP contribution in [0, 0.1) is 5.92 Å². The Morgan fingerprint density at radius 1 is 1.25 bits per heavy atom. The van der Waals surface area contributed by atoms with Crippen molar-refractivity contribution in [3.8, 4) is 0 Å². The molecule has 1 amide bonds. The Balaban J connectivity index is 1.68. The Morgan fingerprint density at radius 2 is 2.00 bits per heavy atom. The predicted octanol–water partition coefficient (Wildman–Crippen LogP) is 5.52. The summed E-state index contributed by atoms with van der Waals surface area (Å²) in [5.74, 6) is 0.728. The van der Waals surface area contributed by atoms with Crippen molar-refractivity contribution in [2.24, 2.45) is 5.92 Å². The molecule has 0 spiro atoms. The van der Waals surface area contributed by atoms with Crippen molar-refractivity contribution in [2.75, 3.05) is 5.32 Å². The smallest absolute Gasteiger partial charge is 0.228 e. The Bertz CT molecular complexity index is 741. The van der Waals surface area contributed by atoms with E-state index < -0.39 is 0 Å². The van der Waals surface area contributed by atoms with Gasteiger partial charge in [-0.25, -0.2) is 0 Å². The third-order valence-corrected chi connectivity index (χ3v) is 5.58. The van der Waals surface area contributed by atoms with Gasteiger partial charge in [0.2, 0.25) is 5.91 Å². The van der Waals surface area contributed by atoms with Gasteiger partial charge in [0.05, 0.1) is 21.1 Å². The second-order valence-corrected chi connectivity index (χ2v) is 7.76. The molecule has 2 aromatic rings. The molecule has 128 valence electrons. The molecule has 1 aromatic carbocycles. The molecule has 3 rings (SSSR count). The van der Waals surface area contributed by atoms with Crippen LogP contribution in [0.1, 0.15) is 37.7 Å². The number of carbonyl (C=O) groups excluding carboxylic acids is 1. The van der Waals surface area contributed by atoms with Gasteiger partial charge in [-0.05, 0) is 46.5 Å². The first kappa shape index (κ1) is 17.8. The normalized spacial score (nSPS) is 15.5. The van der Waals surface area contributed by atoms with Crippen molar-refractivity contribution in [3.05, 3.63) is 44.5 Å². The lowest BCUT2D eigenvalue weighted by atomic mass is 9.89. The summed E-state index contributed by atoms with van der Waals surface area (Å²) in [6.07, 6.45) is 7.27. The minimum atomic E-state index is 0.0650. The summed E-state index contributed by atoms with van der Waals surface area (Å²) in [7, 11) is 0. The maximum atomic E-state index is 12.4. The molecule has 0 aliphatic heterocycles. The van der Waals surface area contributed by atoms with Crippen molar-refractivity contribution < 1.29 is 4.79 Å². The molecular weight excluding hydrogens is 413 g/mol. The monoisotopic (exact) mass is 429 g/mol. The van der Waals surface area contributed by atoms with Gasteiger partial charge in [0.25, 0.3) is 0 Å². The summed E-state index contributed by atoms with van der Waals surface area (Å²) in [5, 5.41) is 8.45. The first-order chi connectivity index (χ1) is 11.5. The summed E-state index contributed by atoms with van der Waals surface area (Å²) in [6.45, 7) is 0.550. The second-order valence-electron chi connectivity index (χ2n) is 6.10. The minimum Gasteiger partial charge on any atom is -0.308 e. The number of carbonyl (C=O) groups is 1. The lowest BCUT2D eigenvalue weighted by Crippen LogP contribution is -2.25. The van der Waals surface area contributed by atoms with Gasteiger partial charge in [-0.3, -0.25) is 9.48 Å². The van der Waals surface area contributed by atoms with Gasteiger partial charge in [0, 0.05) is 12.1 Å². The molecule has 1 N–H and O–H groups in total. The lowest BCUT2D eigenvalue weighted by Gasteiger charge is -2.20. The van der Waals surface area contributed by atoms with E-state index in [9.17, 15) is 4.79 Å². The predicted molar refractivity (Wildman–Crippen MR) is 101 cm³/mol. The van der Waals surface area contributed by atoms with Gasteiger partial charge >= 0.3 is 0 Å². The Morgan fingerprint density at radius 3 is 2.71 bits per heavy atom. The van der Waals surface area contributed by atoms with Crippen LogP contribution in [0.2, 0.25) is 10.0 Å². The fourth-order valence-corrected chi connectivity index (χ4v) is 3.71.